The van der Waals surface area contributed by atoms with Gasteiger partial charge in [0.2, 0.25) is 5.91 Å². The van der Waals surface area contributed by atoms with Crippen LogP contribution in [0.15, 0.2) is 21.1 Å². The van der Waals surface area contributed by atoms with Gasteiger partial charge < -0.3 is 23.8 Å². The molecule has 0 saturated carbocycles. The van der Waals surface area contributed by atoms with Gasteiger partial charge in [0.25, 0.3) is 5.91 Å². The minimum absolute atomic E-state index is 0.0165. The Labute approximate surface area is 169 Å². The van der Waals surface area contributed by atoms with Crippen molar-refractivity contribution in [2.45, 2.75) is 33.6 Å². The van der Waals surface area contributed by atoms with E-state index >= 15 is 0 Å². The fraction of sp³-hybridized carbons (Fsp3) is 0.571. The molecule has 156 valence electrons. The van der Waals surface area contributed by atoms with Gasteiger partial charge in [-0.3, -0.25) is 9.59 Å². The number of fused-ring (bicyclic) bond motifs is 1. The molecule has 0 spiro atoms. The van der Waals surface area contributed by atoms with Gasteiger partial charge in [0.1, 0.15) is 11.5 Å². The minimum Gasteiger partial charge on any atom is -0.456 e. The van der Waals surface area contributed by atoms with Crippen molar-refractivity contribution >= 4 is 11.8 Å². The van der Waals surface area contributed by atoms with Gasteiger partial charge in [-0.2, -0.15) is 0 Å². The van der Waals surface area contributed by atoms with Crippen LogP contribution < -0.4 is 0 Å². The van der Waals surface area contributed by atoms with Crippen molar-refractivity contribution in [1.82, 2.24) is 15.0 Å². The predicted octanol–water partition coefficient (Wildman–Crippen LogP) is 1.78. The van der Waals surface area contributed by atoms with Gasteiger partial charge in [-0.05, 0) is 32.4 Å². The van der Waals surface area contributed by atoms with Gasteiger partial charge in [-0.25, -0.2) is 0 Å². The fourth-order valence-electron chi connectivity index (χ4n) is 4.65. The molecule has 2 fully saturated rings. The highest BCUT2D eigenvalue weighted by atomic mass is 16.5. The smallest absolute Gasteiger partial charge is 0.289 e. The largest absolute Gasteiger partial charge is 0.456 e. The van der Waals surface area contributed by atoms with Crippen LogP contribution in [-0.4, -0.2) is 64.7 Å². The average molecular weight is 401 g/mol. The standard InChI is InChI=1S/C21H27N3O5/c1-13-18(14(2)29-22-13)8-17-4-5-19(28-17)20(27)24-10-16-9-23(15(3)26)7-6-21(16,11-24)12-25/h4-5,16,25H,6-12H2,1-3H3/t16-,21+/m1/s1. The number of aliphatic hydroxyl groups is 1. The van der Waals surface area contributed by atoms with E-state index in [1.54, 1.807) is 22.8 Å². The second-order valence-electron chi connectivity index (χ2n) is 8.36. The Balaban J connectivity index is 1.48. The summed E-state index contributed by atoms with van der Waals surface area (Å²) in [6.07, 6.45) is 1.22. The quantitative estimate of drug-likeness (QED) is 0.838. The summed E-state index contributed by atoms with van der Waals surface area (Å²) in [6, 6.07) is 3.51. The molecule has 2 aliphatic rings. The molecule has 4 heterocycles. The van der Waals surface area contributed by atoms with E-state index in [1.807, 2.05) is 19.9 Å². The summed E-state index contributed by atoms with van der Waals surface area (Å²) in [7, 11) is 0. The lowest BCUT2D eigenvalue weighted by Crippen LogP contribution is -2.50. The monoisotopic (exact) mass is 401 g/mol. The molecule has 2 aliphatic heterocycles. The maximum Gasteiger partial charge on any atom is 0.289 e. The van der Waals surface area contributed by atoms with Crippen molar-refractivity contribution in [2.75, 3.05) is 32.8 Å². The molecule has 0 radical (unpaired) electrons. The van der Waals surface area contributed by atoms with E-state index in [2.05, 4.69) is 5.16 Å². The molecule has 2 aromatic heterocycles. The maximum absolute atomic E-state index is 13.1. The third-order valence-electron chi connectivity index (χ3n) is 6.59. The number of amides is 2. The van der Waals surface area contributed by atoms with Crippen molar-refractivity contribution in [3.8, 4) is 0 Å². The van der Waals surface area contributed by atoms with Crippen LogP contribution in [0.4, 0.5) is 0 Å². The van der Waals surface area contributed by atoms with Crippen molar-refractivity contribution < 1.29 is 23.6 Å². The van der Waals surface area contributed by atoms with Gasteiger partial charge >= 0.3 is 0 Å². The Morgan fingerprint density at radius 1 is 1.28 bits per heavy atom. The maximum atomic E-state index is 13.1. The summed E-state index contributed by atoms with van der Waals surface area (Å²) in [5.41, 5.74) is 1.44. The number of piperidine rings is 1. The van der Waals surface area contributed by atoms with Crippen LogP contribution >= 0.6 is 0 Å². The molecule has 0 aliphatic carbocycles. The predicted molar refractivity (Wildman–Crippen MR) is 103 cm³/mol. The van der Waals surface area contributed by atoms with Gasteiger partial charge in [0.05, 0.1) is 12.3 Å². The molecule has 2 aromatic rings. The van der Waals surface area contributed by atoms with Crippen LogP contribution in [0.2, 0.25) is 0 Å². The Morgan fingerprint density at radius 3 is 2.69 bits per heavy atom. The summed E-state index contributed by atoms with van der Waals surface area (Å²) in [4.78, 5) is 28.4. The Hall–Kier alpha value is -2.61. The molecule has 2 atom stereocenters. The molecular weight excluding hydrogens is 374 g/mol. The first-order chi connectivity index (χ1) is 13.8. The summed E-state index contributed by atoms with van der Waals surface area (Å²) in [5, 5.41) is 14.0. The third kappa shape index (κ3) is 3.46. The second-order valence-corrected chi connectivity index (χ2v) is 8.36. The van der Waals surface area contributed by atoms with Crippen LogP contribution in [-0.2, 0) is 11.2 Å². The van der Waals surface area contributed by atoms with E-state index in [0.717, 1.165) is 17.0 Å². The first kappa shape index (κ1) is 19.7. The highest BCUT2D eigenvalue weighted by Crippen LogP contribution is 2.43. The van der Waals surface area contributed by atoms with Gasteiger partial charge in [0.15, 0.2) is 5.76 Å². The lowest BCUT2D eigenvalue weighted by atomic mass is 9.73. The van der Waals surface area contributed by atoms with Crippen LogP contribution in [0.25, 0.3) is 0 Å². The number of carbonyl (C=O) groups is 2. The molecule has 1 N–H and O–H groups in total. The molecule has 4 rings (SSSR count). The number of furan rings is 1. The molecule has 2 amide bonds. The Morgan fingerprint density at radius 2 is 2.03 bits per heavy atom. The lowest BCUT2D eigenvalue weighted by molar-refractivity contribution is -0.133. The lowest BCUT2D eigenvalue weighted by Gasteiger charge is -2.41. The zero-order valence-corrected chi connectivity index (χ0v) is 17.1. The molecule has 0 aromatic carbocycles. The molecular formula is C21H27N3O5. The van der Waals surface area contributed by atoms with Gasteiger partial charge in [-0.1, -0.05) is 5.16 Å². The normalized spacial score (nSPS) is 24.1. The van der Waals surface area contributed by atoms with Crippen molar-refractivity contribution in [1.29, 1.82) is 0 Å². The molecule has 0 bridgehead atoms. The summed E-state index contributed by atoms with van der Waals surface area (Å²) in [6.45, 7) is 7.52. The zero-order valence-electron chi connectivity index (χ0n) is 17.1. The molecule has 29 heavy (non-hydrogen) atoms. The second kappa shape index (κ2) is 7.33. The Bertz CT molecular complexity index is 913. The number of carbonyl (C=O) groups excluding carboxylic acids is 2. The Kier molecular flexibility index (Phi) is 4.98. The number of aromatic nitrogens is 1. The van der Waals surface area contributed by atoms with E-state index in [1.165, 1.54) is 0 Å². The van der Waals surface area contributed by atoms with Crippen LogP contribution in [0.3, 0.4) is 0 Å². The van der Waals surface area contributed by atoms with Crippen LogP contribution in [0, 0.1) is 25.2 Å². The first-order valence-electron chi connectivity index (χ1n) is 9.99. The highest BCUT2D eigenvalue weighted by Gasteiger charge is 2.51. The van der Waals surface area contributed by atoms with E-state index in [-0.39, 0.29) is 29.8 Å². The summed E-state index contributed by atoms with van der Waals surface area (Å²) < 4.78 is 11.0. The summed E-state index contributed by atoms with van der Waals surface area (Å²) >= 11 is 0. The number of likely N-dealkylation sites (tertiary alicyclic amines) is 2. The number of nitrogens with zero attached hydrogens (tertiary/aromatic N) is 3. The van der Waals surface area contributed by atoms with E-state index < -0.39 is 0 Å². The fourth-order valence-corrected chi connectivity index (χ4v) is 4.65. The summed E-state index contributed by atoms with van der Waals surface area (Å²) in [5.74, 6) is 1.66. The third-order valence-corrected chi connectivity index (χ3v) is 6.59. The minimum atomic E-state index is -0.340. The van der Waals surface area contributed by atoms with Crippen LogP contribution in [0.5, 0.6) is 0 Å². The van der Waals surface area contributed by atoms with E-state index in [4.69, 9.17) is 8.94 Å². The van der Waals surface area contributed by atoms with E-state index in [9.17, 15) is 14.7 Å². The molecule has 8 heteroatoms. The first-order valence-corrected chi connectivity index (χ1v) is 9.99. The van der Waals surface area contributed by atoms with Crippen molar-refractivity contribution in [2.24, 2.45) is 11.3 Å². The zero-order chi connectivity index (χ0) is 20.8. The topological polar surface area (TPSA) is 100 Å². The molecule has 2 saturated heterocycles. The average Bonchev–Trinajstić information content (AvgIpc) is 3.40. The number of aliphatic hydroxyl groups excluding tert-OH is 1. The molecule has 8 nitrogen and oxygen atoms in total. The molecule has 0 unspecified atom stereocenters. The number of rotatable bonds is 4. The van der Waals surface area contributed by atoms with Crippen molar-refractivity contribution in [3.05, 3.63) is 40.7 Å². The highest BCUT2D eigenvalue weighted by molar-refractivity contribution is 5.91. The SMILES string of the molecule is CC(=O)N1CC[C@@]2(CO)CN(C(=O)c3ccc(Cc4c(C)noc4C)o3)C[C@H]2C1. The van der Waals surface area contributed by atoms with Crippen LogP contribution in [0.1, 0.15) is 46.7 Å². The van der Waals surface area contributed by atoms with Crippen molar-refractivity contribution in [3.63, 3.8) is 0 Å². The van der Waals surface area contributed by atoms with Gasteiger partial charge in [0, 0.05) is 56.4 Å². The number of hydrogen-bond donors (Lipinski definition) is 1. The van der Waals surface area contributed by atoms with Gasteiger partial charge in [-0.15, -0.1) is 0 Å². The number of aryl methyl sites for hydroxylation is 2. The number of hydrogen-bond acceptors (Lipinski definition) is 6. The van der Waals surface area contributed by atoms with E-state index in [0.29, 0.717) is 50.5 Å².